The van der Waals surface area contributed by atoms with Crippen LogP contribution in [0.25, 0.3) is 0 Å². The molecule has 36 valence electrons. The SMILES string of the molecule is NC=NCCO. The van der Waals surface area contributed by atoms with Crippen LogP contribution >= 0.6 is 0 Å². The standard InChI is InChI=1S/C3H8N2O/c4-3-5-1-2-6/h3,6H,1-2H2,(H2,4,5). The summed E-state index contributed by atoms with van der Waals surface area (Å²) in [6, 6.07) is 0. The summed E-state index contributed by atoms with van der Waals surface area (Å²) in [4.78, 5) is 3.49. The molecule has 0 unspecified atom stereocenters. The molecule has 0 amide bonds. The van der Waals surface area contributed by atoms with Gasteiger partial charge in [-0.2, -0.15) is 0 Å². The third-order valence-electron chi connectivity index (χ3n) is 0.335. The second-order valence-corrected chi connectivity index (χ2v) is 0.779. The molecule has 3 heteroatoms. The monoisotopic (exact) mass is 88.1 g/mol. The maximum atomic E-state index is 8.03. The van der Waals surface area contributed by atoms with Gasteiger partial charge in [0, 0.05) is 0 Å². The zero-order valence-corrected chi connectivity index (χ0v) is 3.46. The molecule has 0 aliphatic carbocycles. The molecule has 0 bridgehead atoms. The molecule has 0 saturated carbocycles. The van der Waals surface area contributed by atoms with Gasteiger partial charge in [-0.3, -0.25) is 4.99 Å². The summed E-state index contributed by atoms with van der Waals surface area (Å²) in [6.07, 6.45) is 1.18. The first-order valence-electron chi connectivity index (χ1n) is 1.72. The van der Waals surface area contributed by atoms with Gasteiger partial charge in [-0.25, -0.2) is 0 Å². The van der Waals surface area contributed by atoms with Gasteiger partial charge in [0.05, 0.1) is 19.5 Å². The first-order valence-corrected chi connectivity index (χ1v) is 1.72. The van der Waals surface area contributed by atoms with Gasteiger partial charge in [0.1, 0.15) is 0 Å². The Bertz CT molecular complexity index is 44.1. The van der Waals surface area contributed by atoms with Crippen molar-refractivity contribution in [1.29, 1.82) is 0 Å². The second kappa shape index (κ2) is 4.43. The van der Waals surface area contributed by atoms with Gasteiger partial charge in [-0.1, -0.05) is 0 Å². The van der Waals surface area contributed by atoms with Crippen molar-refractivity contribution in [3.05, 3.63) is 0 Å². The lowest BCUT2D eigenvalue weighted by molar-refractivity contribution is 0.307. The molecule has 0 heterocycles. The van der Waals surface area contributed by atoms with Crippen molar-refractivity contribution >= 4 is 6.34 Å². The van der Waals surface area contributed by atoms with Crippen LogP contribution in [0, 0.1) is 0 Å². The van der Waals surface area contributed by atoms with E-state index in [2.05, 4.69) is 4.99 Å². The van der Waals surface area contributed by atoms with Crippen LogP contribution in [0.5, 0.6) is 0 Å². The highest BCUT2D eigenvalue weighted by molar-refractivity contribution is 5.50. The Labute approximate surface area is 36.5 Å². The van der Waals surface area contributed by atoms with Crippen molar-refractivity contribution in [2.24, 2.45) is 10.7 Å². The van der Waals surface area contributed by atoms with E-state index in [4.69, 9.17) is 10.8 Å². The number of nitrogens with zero attached hydrogens (tertiary/aromatic N) is 1. The molecule has 0 aromatic heterocycles. The fourth-order valence-electron chi connectivity index (χ4n) is 0.132. The molecule has 3 nitrogen and oxygen atoms in total. The number of aliphatic imine (C=N–C) groups is 1. The number of hydrogen-bond donors (Lipinski definition) is 2. The summed E-state index contributed by atoms with van der Waals surface area (Å²) in [5, 5.41) is 8.03. The van der Waals surface area contributed by atoms with Crippen LogP contribution in [0.3, 0.4) is 0 Å². The molecule has 0 rings (SSSR count). The van der Waals surface area contributed by atoms with E-state index in [1.54, 1.807) is 0 Å². The minimum atomic E-state index is 0.0771. The quantitative estimate of drug-likeness (QED) is 0.335. The fourth-order valence-corrected chi connectivity index (χ4v) is 0.132. The van der Waals surface area contributed by atoms with Crippen LogP contribution in [0.1, 0.15) is 0 Å². The molecular formula is C3H8N2O. The summed E-state index contributed by atoms with van der Waals surface area (Å²) in [6.45, 7) is 0.490. The van der Waals surface area contributed by atoms with Crippen LogP contribution < -0.4 is 5.73 Å². The van der Waals surface area contributed by atoms with E-state index in [1.807, 2.05) is 0 Å². The van der Waals surface area contributed by atoms with Crippen LogP contribution in [-0.4, -0.2) is 24.6 Å². The van der Waals surface area contributed by atoms with Gasteiger partial charge >= 0.3 is 0 Å². The van der Waals surface area contributed by atoms with Crippen molar-refractivity contribution in [3.63, 3.8) is 0 Å². The summed E-state index contributed by atoms with van der Waals surface area (Å²) in [5.41, 5.74) is 4.81. The molecule has 0 fully saturated rings. The largest absolute Gasteiger partial charge is 0.394 e. The average Bonchev–Trinajstić information content (AvgIpc) is 1.61. The molecule has 0 aliphatic rings. The summed E-state index contributed by atoms with van der Waals surface area (Å²) in [7, 11) is 0. The van der Waals surface area contributed by atoms with Gasteiger partial charge in [0.2, 0.25) is 0 Å². The molecule has 3 N–H and O–H groups in total. The molecule has 0 aliphatic heterocycles. The lowest BCUT2D eigenvalue weighted by atomic mass is 10.7. The summed E-state index contributed by atoms with van der Waals surface area (Å²) in [5.74, 6) is 0. The van der Waals surface area contributed by atoms with E-state index in [0.717, 1.165) is 0 Å². The van der Waals surface area contributed by atoms with Crippen LogP contribution in [-0.2, 0) is 0 Å². The van der Waals surface area contributed by atoms with Crippen molar-refractivity contribution in [3.8, 4) is 0 Å². The molecule has 0 radical (unpaired) electrons. The first-order chi connectivity index (χ1) is 2.91. The molecular weight excluding hydrogens is 80.0 g/mol. The van der Waals surface area contributed by atoms with E-state index >= 15 is 0 Å². The summed E-state index contributed by atoms with van der Waals surface area (Å²) >= 11 is 0. The fraction of sp³-hybridized carbons (Fsp3) is 0.667. The van der Waals surface area contributed by atoms with Gasteiger partial charge in [-0.15, -0.1) is 0 Å². The van der Waals surface area contributed by atoms with Crippen LogP contribution in [0.4, 0.5) is 0 Å². The van der Waals surface area contributed by atoms with Gasteiger partial charge in [0.15, 0.2) is 0 Å². The van der Waals surface area contributed by atoms with Crippen LogP contribution in [0.15, 0.2) is 4.99 Å². The molecule has 0 saturated heterocycles. The Kier molecular flexibility index (Phi) is 4.01. The highest BCUT2D eigenvalue weighted by Gasteiger charge is 1.66. The van der Waals surface area contributed by atoms with Crippen molar-refractivity contribution in [1.82, 2.24) is 0 Å². The third kappa shape index (κ3) is 3.43. The van der Waals surface area contributed by atoms with Gasteiger partial charge in [0.25, 0.3) is 0 Å². The van der Waals surface area contributed by atoms with Gasteiger partial charge in [-0.05, 0) is 0 Å². The maximum Gasteiger partial charge on any atom is 0.0798 e. The van der Waals surface area contributed by atoms with E-state index in [-0.39, 0.29) is 6.61 Å². The van der Waals surface area contributed by atoms with Crippen molar-refractivity contribution < 1.29 is 5.11 Å². The average molecular weight is 88.1 g/mol. The lowest BCUT2D eigenvalue weighted by Crippen LogP contribution is -1.93. The Morgan fingerprint density at radius 3 is 2.67 bits per heavy atom. The Morgan fingerprint density at radius 2 is 2.50 bits per heavy atom. The first kappa shape index (κ1) is 5.43. The maximum absolute atomic E-state index is 8.03. The number of rotatable bonds is 2. The second-order valence-electron chi connectivity index (χ2n) is 0.779. The smallest absolute Gasteiger partial charge is 0.0798 e. The van der Waals surface area contributed by atoms with Crippen LogP contribution in [0.2, 0.25) is 0 Å². The Morgan fingerprint density at radius 1 is 1.83 bits per heavy atom. The Hall–Kier alpha value is -0.570. The normalized spacial score (nSPS) is 10.2. The van der Waals surface area contributed by atoms with E-state index in [1.165, 1.54) is 6.34 Å². The minimum Gasteiger partial charge on any atom is -0.394 e. The number of hydrogen-bond acceptors (Lipinski definition) is 2. The van der Waals surface area contributed by atoms with Crippen molar-refractivity contribution in [2.75, 3.05) is 13.2 Å². The number of aliphatic hydroxyl groups is 1. The topological polar surface area (TPSA) is 58.6 Å². The predicted molar refractivity (Wildman–Crippen MR) is 24.6 cm³/mol. The zero-order valence-electron chi connectivity index (χ0n) is 3.46. The zero-order chi connectivity index (χ0) is 4.83. The number of aliphatic hydroxyl groups excluding tert-OH is 1. The molecule has 0 aromatic rings. The van der Waals surface area contributed by atoms with Gasteiger partial charge < -0.3 is 10.8 Å². The molecule has 6 heavy (non-hydrogen) atoms. The predicted octanol–water partition coefficient (Wildman–Crippen LogP) is -1.03. The third-order valence-corrected chi connectivity index (χ3v) is 0.335. The van der Waals surface area contributed by atoms with E-state index in [9.17, 15) is 0 Å². The minimum absolute atomic E-state index is 0.0771. The highest BCUT2D eigenvalue weighted by atomic mass is 16.3. The molecule has 0 atom stereocenters. The molecule has 0 spiro atoms. The molecule has 0 aromatic carbocycles. The van der Waals surface area contributed by atoms with Crippen molar-refractivity contribution in [2.45, 2.75) is 0 Å². The number of nitrogens with two attached hydrogens (primary N) is 1. The van der Waals surface area contributed by atoms with E-state index in [0.29, 0.717) is 6.54 Å². The Balaban J connectivity index is 2.66. The lowest BCUT2D eigenvalue weighted by Gasteiger charge is -1.78. The van der Waals surface area contributed by atoms with E-state index < -0.39 is 0 Å². The highest BCUT2D eigenvalue weighted by Crippen LogP contribution is 1.57. The summed E-state index contributed by atoms with van der Waals surface area (Å²) < 4.78 is 0.